The topological polar surface area (TPSA) is 196 Å². The number of carbonyl (C=O) groups excluding carboxylic acids is 3. The van der Waals surface area contributed by atoms with Gasteiger partial charge in [-0.1, -0.05) is 18.6 Å². The average molecular weight is 923 g/mol. The number of nitrogens with one attached hydrogen (secondary N) is 3. The number of rotatable bonds is 21. The second-order valence-electron chi connectivity index (χ2n) is 19.2. The van der Waals surface area contributed by atoms with Crippen molar-refractivity contribution in [3.63, 3.8) is 0 Å². The fourth-order valence-corrected chi connectivity index (χ4v) is 11.2. The first-order valence-corrected chi connectivity index (χ1v) is 24.5. The summed E-state index contributed by atoms with van der Waals surface area (Å²) in [7, 11) is 1.61. The van der Waals surface area contributed by atoms with Crippen LogP contribution >= 0.6 is 11.8 Å². The molecule has 0 unspecified atom stereocenters. The molecule has 3 aromatic rings. The van der Waals surface area contributed by atoms with Gasteiger partial charge in [0.1, 0.15) is 23.7 Å². The highest BCUT2D eigenvalue weighted by molar-refractivity contribution is 8.00. The molecule has 3 N–H and O–H groups in total. The summed E-state index contributed by atoms with van der Waals surface area (Å²) in [5, 5.41) is 19.6. The monoisotopic (exact) mass is 923 g/mol. The Bertz CT molecular complexity index is 2100. The van der Waals surface area contributed by atoms with E-state index < -0.39 is 5.60 Å². The van der Waals surface area contributed by atoms with E-state index in [1.807, 2.05) is 50.9 Å². The molecular formula is C46H70N10O8S. The molecule has 0 saturated carbocycles. The molecule has 19 heteroatoms. The van der Waals surface area contributed by atoms with E-state index in [4.69, 9.17) is 33.7 Å². The van der Waals surface area contributed by atoms with Gasteiger partial charge in [0.15, 0.2) is 11.5 Å². The van der Waals surface area contributed by atoms with Gasteiger partial charge in [0.25, 0.3) is 0 Å². The maximum Gasteiger partial charge on any atom is 0.410 e. The van der Waals surface area contributed by atoms with Crippen LogP contribution in [-0.2, 0) is 37.0 Å². The van der Waals surface area contributed by atoms with Crippen LogP contribution < -0.4 is 30.3 Å². The Balaban J connectivity index is 0.821. The summed E-state index contributed by atoms with van der Waals surface area (Å²) < 4.78 is 30.9. The van der Waals surface area contributed by atoms with Gasteiger partial charge in [0, 0.05) is 79.5 Å². The fraction of sp³-hybridized carbons (Fsp3) is 0.717. The summed E-state index contributed by atoms with van der Waals surface area (Å²) in [6.45, 7) is 15.8. The zero-order chi connectivity index (χ0) is 46.0. The van der Waals surface area contributed by atoms with E-state index in [1.165, 1.54) is 6.42 Å². The molecule has 0 radical (unpaired) electrons. The molecule has 7 rings (SSSR count). The van der Waals surface area contributed by atoms with Crippen molar-refractivity contribution in [1.29, 1.82) is 0 Å². The lowest BCUT2D eigenvalue weighted by Crippen LogP contribution is -2.49. The van der Waals surface area contributed by atoms with Gasteiger partial charge < -0.3 is 49.4 Å². The third-order valence-corrected chi connectivity index (χ3v) is 14.9. The summed E-state index contributed by atoms with van der Waals surface area (Å²) in [5.41, 5.74) is 0.670. The Hall–Kier alpha value is -4.62. The number of piperidine rings is 2. The summed E-state index contributed by atoms with van der Waals surface area (Å²) >= 11 is 1.96. The van der Waals surface area contributed by atoms with E-state index in [9.17, 15) is 14.4 Å². The quantitative estimate of drug-likeness (QED) is 0.110. The molecule has 6 heterocycles. The molecule has 4 fully saturated rings. The molecule has 4 saturated heterocycles. The number of carbonyl (C=O) groups is 3. The molecule has 1 aromatic carbocycles. The number of methoxy groups -OCH3 is 1. The minimum Gasteiger partial charge on any atom is -0.493 e. The number of unbranched alkanes of at least 4 members (excludes halogenated alkanes) is 1. The van der Waals surface area contributed by atoms with Gasteiger partial charge in [-0.2, -0.15) is 16.7 Å². The number of ether oxygens (including phenoxy) is 5. The number of benzene rings is 1. The number of aromatic nitrogens is 5. The Labute approximate surface area is 387 Å². The van der Waals surface area contributed by atoms with Crippen LogP contribution in [0.1, 0.15) is 105 Å². The number of hydrogen-bond acceptors (Lipinski definition) is 15. The van der Waals surface area contributed by atoms with E-state index in [-0.39, 0.29) is 41.5 Å². The third-order valence-electron chi connectivity index (χ3n) is 13.0. The van der Waals surface area contributed by atoms with Crippen molar-refractivity contribution in [2.45, 2.75) is 134 Å². The van der Waals surface area contributed by atoms with Crippen molar-refractivity contribution in [1.82, 2.24) is 40.5 Å². The number of fused-ring (bicyclic) bond motifs is 2. The first-order chi connectivity index (χ1) is 31.2. The SMILES string of the molecule is COc1cc2c(N[C@@H]3CCCN(C(=O)OC(C)(C)C)C3)nc(N3CCCCC3)nc2cc1OCc1cn(CCOCCOCCNC(=O)CCCC[C@@H]2SC[C@]3(C)NC(=O)C[C@]23C)nn1. The molecule has 0 bridgehead atoms. The van der Waals surface area contributed by atoms with Crippen LogP contribution in [0.25, 0.3) is 10.9 Å². The average Bonchev–Trinajstić information content (AvgIpc) is 3.90. The Morgan fingerprint density at radius 1 is 0.985 bits per heavy atom. The molecule has 0 aliphatic carbocycles. The van der Waals surface area contributed by atoms with Gasteiger partial charge in [0.05, 0.1) is 57.3 Å². The number of likely N-dealkylation sites (tertiary alicyclic amines) is 1. The van der Waals surface area contributed by atoms with Crippen LogP contribution in [0.3, 0.4) is 0 Å². The maximum absolute atomic E-state index is 12.9. The van der Waals surface area contributed by atoms with Crippen molar-refractivity contribution in [3.05, 3.63) is 24.0 Å². The van der Waals surface area contributed by atoms with Crippen LogP contribution in [0.4, 0.5) is 16.6 Å². The summed E-state index contributed by atoms with van der Waals surface area (Å²) in [6.07, 6.45) is 10.6. The molecule has 2 aromatic heterocycles. The zero-order valence-electron chi connectivity index (χ0n) is 39.2. The summed E-state index contributed by atoms with van der Waals surface area (Å²) in [4.78, 5) is 51.5. The van der Waals surface area contributed by atoms with E-state index in [0.29, 0.717) is 99.7 Å². The second-order valence-corrected chi connectivity index (χ2v) is 20.4. The highest BCUT2D eigenvalue weighted by Crippen LogP contribution is 2.56. The molecule has 0 spiro atoms. The van der Waals surface area contributed by atoms with Crippen molar-refractivity contribution in [3.8, 4) is 11.5 Å². The molecule has 3 amide bonds. The predicted octanol–water partition coefficient (Wildman–Crippen LogP) is 5.72. The Morgan fingerprint density at radius 3 is 2.57 bits per heavy atom. The molecular weight excluding hydrogens is 853 g/mol. The minimum atomic E-state index is -0.565. The standard InChI is InChI=1S/C46H70N10O8S/c1-44(2,3)64-43(59)55-19-12-13-32(28-55)48-41-34-25-36(60-6)37(26-35(34)49-42(50-41)54-17-10-7-11-18-54)63-30-33-29-56(53-52-33)20-22-62-24-23-61-21-16-47-39(57)15-9-8-14-38-45(4)27-40(58)51-46(45,5)31-65-38/h25-26,29,32,38H,7-24,27-28,30-31H2,1-6H3,(H,47,57)(H,51,58)(H,48,49,50)/t32-,38+,45-,46+/m1/s1. The molecule has 4 aliphatic rings. The normalized spacial score (nSPS) is 23.3. The number of amides is 3. The van der Waals surface area contributed by atoms with Crippen LogP contribution in [0, 0.1) is 5.41 Å². The van der Waals surface area contributed by atoms with Crippen LogP contribution in [-0.4, -0.2) is 142 Å². The van der Waals surface area contributed by atoms with Gasteiger partial charge in [0.2, 0.25) is 17.8 Å². The van der Waals surface area contributed by atoms with Crippen molar-refractivity contribution >= 4 is 52.3 Å². The predicted molar refractivity (Wildman–Crippen MR) is 250 cm³/mol. The van der Waals surface area contributed by atoms with E-state index in [1.54, 1.807) is 16.7 Å². The molecule has 65 heavy (non-hydrogen) atoms. The Morgan fingerprint density at radius 2 is 1.78 bits per heavy atom. The van der Waals surface area contributed by atoms with Crippen LogP contribution in [0.15, 0.2) is 18.3 Å². The molecule has 4 aliphatic heterocycles. The third kappa shape index (κ3) is 12.6. The van der Waals surface area contributed by atoms with E-state index in [2.05, 4.69) is 45.0 Å². The van der Waals surface area contributed by atoms with Crippen molar-refractivity contribution in [2.75, 3.05) is 82.2 Å². The van der Waals surface area contributed by atoms with E-state index >= 15 is 0 Å². The van der Waals surface area contributed by atoms with Crippen molar-refractivity contribution in [2.24, 2.45) is 5.41 Å². The first-order valence-electron chi connectivity index (χ1n) is 23.5. The van der Waals surface area contributed by atoms with Crippen LogP contribution in [0.5, 0.6) is 11.5 Å². The summed E-state index contributed by atoms with van der Waals surface area (Å²) in [6, 6.07) is 3.78. The first kappa shape index (κ1) is 48.3. The fourth-order valence-electron chi connectivity index (χ4n) is 9.18. The number of thioether (sulfide) groups is 1. The van der Waals surface area contributed by atoms with Gasteiger partial charge >= 0.3 is 6.09 Å². The smallest absolute Gasteiger partial charge is 0.410 e. The highest BCUT2D eigenvalue weighted by Gasteiger charge is 2.60. The lowest BCUT2D eigenvalue weighted by atomic mass is 9.70. The number of nitrogens with zero attached hydrogens (tertiary/aromatic N) is 7. The second kappa shape index (κ2) is 21.8. The van der Waals surface area contributed by atoms with Gasteiger partial charge in [-0.05, 0) is 78.7 Å². The summed E-state index contributed by atoms with van der Waals surface area (Å²) in [5.74, 6) is 3.57. The minimum absolute atomic E-state index is 0.0164. The lowest BCUT2D eigenvalue weighted by molar-refractivity contribution is -0.121. The highest BCUT2D eigenvalue weighted by atomic mass is 32.2. The number of anilines is 2. The maximum atomic E-state index is 12.9. The van der Waals surface area contributed by atoms with Gasteiger partial charge in [-0.15, -0.1) is 5.10 Å². The van der Waals surface area contributed by atoms with Crippen molar-refractivity contribution < 1.29 is 38.1 Å². The Kier molecular flexibility index (Phi) is 16.2. The largest absolute Gasteiger partial charge is 0.493 e. The van der Waals surface area contributed by atoms with Crippen LogP contribution in [0.2, 0.25) is 0 Å². The van der Waals surface area contributed by atoms with Gasteiger partial charge in [-0.3, -0.25) is 9.59 Å². The van der Waals surface area contributed by atoms with Gasteiger partial charge in [-0.25, -0.2) is 14.5 Å². The lowest BCUT2D eigenvalue weighted by Gasteiger charge is -2.36. The number of hydrogen-bond donors (Lipinski definition) is 3. The molecule has 18 nitrogen and oxygen atoms in total. The molecule has 358 valence electrons. The van der Waals surface area contributed by atoms with E-state index in [0.717, 1.165) is 74.7 Å². The molecule has 4 atom stereocenters. The zero-order valence-corrected chi connectivity index (χ0v) is 40.1.